The van der Waals surface area contributed by atoms with Crippen LogP contribution in [0.2, 0.25) is 0 Å². The van der Waals surface area contributed by atoms with Gasteiger partial charge in [0, 0.05) is 31.0 Å². The van der Waals surface area contributed by atoms with E-state index in [2.05, 4.69) is 0 Å². The van der Waals surface area contributed by atoms with E-state index in [0.29, 0.717) is 0 Å². The van der Waals surface area contributed by atoms with Crippen molar-refractivity contribution in [1.82, 2.24) is 0 Å². The summed E-state index contributed by atoms with van der Waals surface area (Å²) in [6.07, 6.45) is -15.9. The average molecular weight is 735 g/mol. The van der Waals surface area contributed by atoms with Gasteiger partial charge in [-0.05, 0) is 52.0 Å². The molecule has 0 unspecified atom stereocenters. The molecule has 0 aliphatic carbocycles. The molecule has 5 rings (SSSR count). The largest absolute Gasteiger partial charge is 0.508 e. The average Bonchev–Trinajstić information content (AvgIpc) is 3.04. The number of aliphatic hydroxyl groups excluding tert-OH is 4. The van der Waals surface area contributed by atoms with Crippen LogP contribution < -0.4 is 10.2 Å². The molecular weight excluding hydrogens is 692 g/mol. The topological polar surface area (TPSA) is 261 Å². The van der Waals surface area contributed by atoms with E-state index < -0.39 is 102 Å². The second-order valence-corrected chi connectivity index (χ2v) is 13.4. The van der Waals surface area contributed by atoms with E-state index >= 15 is 0 Å². The van der Waals surface area contributed by atoms with Gasteiger partial charge in [-0.15, -0.1) is 0 Å². The van der Waals surface area contributed by atoms with Crippen LogP contribution in [0.15, 0.2) is 45.6 Å². The molecule has 0 radical (unpaired) electrons. The molecule has 17 nitrogen and oxygen atoms in total. The Morgan fingerprint density at radius 3 is 2.15 bits per heavy atom. The molecule has 2 saturated heterocycles. The van der Waals surface area contributed by atoms with Crippen LogP contribution in [-0.4, -0.2) is 121 Å². The van der Waals surface area contributed by atoms with Gasteiger partial charge < -0.3 is 68.6 Å². The third kappa shape index (κ3) is 8.32. The molecule has 2 aromatic carbocycles. The molecule has 0 spiro atoms. The molecule has 3 aromatic rings. The first-order valence-electron chi connectivity index (χ1n) is 16.3. The first-order valence-corrected chi connectivity index (χ1v) is 16.3. The summed E-state index contributed by atoms with van der Waals surface area (Å²) in [4.78, 5) is 37.5. The second kappa shape index (κ2) is 15.3. The van der Waals surface area contributed by atoms with Gasteiger partial charge in [-0.2, -0.15) is 0 Å². The number of benzene rings is 2. The van der Waals surface area contributed by atoms with Crippen molar-refractivity contribution in [2.45, 2.75) is 108 Å². The first kappa shape index (κ1) is 38.9. The summed E-state index contributed by atoms with van der Waals surface area (Å²) in [5.41, 5.74) is -2.14. The van der Waals surface area contributed by atoms with Crippen molar-refractivity contribution in [2.24, 2.45) is 0 Å². The summed E-state index contributed by atoms with van der Waals surface area (Å²) in [5, 5.41) is 73.8. The lowest BCUT2D eigenvalue weighted by molar-refractivity contribution is -0.358. The lowest BCUT2D eigenvalue weighted by atomic mass is 9.95. The Balaban J connectivity index is 1.53. The summed E-state index contributed by atoms with van der Waals surface area (Å²) in [7, 11) is 0. The number of ketones is 1. The molecule has 0 bridgehead atoms. The highest BCUT2D eigenvalue weighted by atomic mass is 16.7. The van der Waals surface area contributed by atoms with Crippen molar-refractivity contribution >= 4 is 22.7 Å². The quantitative estimate of drug-likeness (QED) is 0.135. The summed E-state index contributed by atoms with van der Waals surface area (Å²) in [5.74, 6) is -2.83. The monoisotopic (exact) mass is 734 g/mol. The fourth-order valence-electron chi connectivity index (χ4n) is 6.23. The highest BCUT2D eigenvalue weighted by Gasteiger charge is 2.52. The van der Waals surface area contributed by atoms with Gasteiger partial charge in [-0.1, -0.05) is 0 Å². The first-order chi connectivity index (χ1) is 24.4. The third-order valence-corrected chi connectivity index (χ3v) is 8.57. The number of phenolic OH excluding ortho intramolecular Hbond substituents is 3. The molecule has 2 fully saturated rings. The van der Waals surface area contributed by atoms with Gasteiger partial charge in [-0.25, -0.2) is 0 Å². The molecule has 0 saturated carbocycles. The standard InChI is InChI=1S/C35H42O17/c1-14(36)12-35(4,5)52-32-28(45)34(47-15(2)29(32)50-33-27(44)26(43)24(41)22(49-33)13-46-16(3)37)51-31-25(42)23-20(40)10-19(39)11-21(23)48-30(31)17-6-8-18(38)9-7-17/h6-11,15,22,24,26-29,32-34,38-41,43-45H,12-13H2,1-5H3/t15-,22+,24+,26-,27+,28+,29-,32-,33-,34+/m1/s1. The summed E-state index contributed by atoms with van der Waals surface area (Å²) < 4.78 is 40.9. The number of esters is 1. The van der Waals surface area contributed by atoms with Crippen LogP contribution in [0.5, 0.6) is 23.0 Å². The zero-order valence-corrected chi connectivity index (χ0v) is 28.9. The van der Waals surface area contributed by atoms with Crippen molar-refractivity contribution in [3.63, 3.8) is 0 Å². The van der Waals surface area contributed by atoms with Gasteiger partial charge in [0.05, 0.1) is 11.7 Å². The Kier molecular flexibility index (Phi) is 11.5. The molecule has 52 heavy (non-hydrogen) atoms. The summed E-state index contributed by atoms with van der Waals surface area (Å²) in [6, 6.07) is 7.48. The van der Waals surface area contributed by atoms with Crippen LogP contribution in [-0.2, 0) is 33.3 Å². The predicted molar refractivity (Wildman–Crippen MR) is 176 cm³/mol. The molecule has 10 atom stereocenters. The molecule has 0 amide bonds. The Morgan fingerprint density at radius 1 is 0.846 bits per heavy atom. The van der Waals surface area contributed by atoms with Gasteiger partial charge in [0.25, 0.3) is 0 Å². The number of hydrogen-bond donors (Lipinski definition) is 7. The fraction of sp³-hybridized carbons (Fsp3) is 0.514. The van der Waals surface area contributed by atoms with E-state index in [1.165, 1.54) is 38.1 Å². The highest BCUT2D eigenvalue weighted by Crippen LogP contribution is 2.39. The second-order valence-electron chi connectivity index (χ2n) is 13.4. The number of aromatic hydroxyl groups is 3. The number of carbonyl (C=O) groups excluding carboxylic acids is 2. The van der Waals surface area contributed by atoms with E-state index in [-0.39, 0.29) is 40.2 Å². The van der Waals surface area contributed by atoms with Crippen LogP contribution >= 0.6 is 0 Å². The number of aliphatic hydroxyl groups is 4. The van der Waals surface area contributed by atoms with E-state index in [1.807, 2.05) is 0 Å². The molecule has 1 aromatic heterocycles. The lowest BCUT2D eigenvalue weighted by Gasteiger charge is -2.48. The maximum absolute atomic E-state index is 13.9. The Bertz CT molecular complexity index is 1820. The number of ether oxygens (including phenoxy) is 6. The van der Waals surface area contributed by atoms with Crippen molar-refractivity contribution < 1.29 is 78.2 Å². The Labute approximate surface area is 296 Å². The maximum atomic E-state index is 13.9. The normalized spacial score (nSPS) is 29.5. The molecular formula is C35H42O17. The minimum absolute atomic E-state index is 0.101. The van der Waals surface area contributed by atoms with Crippen LogP contribution in [0.3, 0.4) is 0 Å². The number of phenols is 3. The van der Waals surface area contributed by atoms with E-state index in [0.717, 1.165) is 19.1 Å². The molecule has 2 aliphatic rings. The lowest BCUT2D eigenvalue weighted by Crippen LogP contribution is -2.65. The molecule has 284 valence electrons. The number of Topliss-reactive ketones (excluding diaryl/α,β-unsaturated/α-hetero) is 1. The van der Waals surface area contributed by atoms with Crippen molar-refractivity contribution in [2.75, 3.05) is 6.61 Å². The molecule has 3 heterocycles. The number of carbonyl (C=O) groups is 2. The summed E-state index contributed by atoms with van der Waals surface area (Å²) in [6.45, 7) is 6.62. The van der Waals surface area contributed by atoms with Crippen LogP contribution in [0.1, 0.15) is 41.0 Å². The number of rotatable bonds is 11. The van der Waals surface area contributed by atoms with Crippen LogP contribution in [0, 0.1) is 0 Å². The Morgan fingerprint density at radius 2 is 1.52 bits per heavy atom. The van der Waals surface area contributed by atoms with Gasteiger partial charge in [0.2, 0.25) is 17.5 Å². The minimum atomic E-state index is -1.84. The van der Waals surface area contributed by atoms with Crippen molar-refractivity contribution in [1.29, 1.82) is 0 Å². The van der Waals surface area contributed by atoms with Crippen molar-refractivity contribution in [3.05, 3.63) is 46.6 Å². The Hall–Kier alpha value is -4.33. The zero-order chi connectivity index (χ0) is 38.2. The molecule has 17 heteroatoms. The van der Waals surface area contributed by atoms with Gasteiger partial charge in [-0.3, -0.25) is 14.4 Å². The van der Waals surface area contributed by atoms with Crippen LogP contribution in [0.25, 0.3) is 22.3 Å². The summed E-state index contributed by atoms with van der Waals surface area (Å²) >= 11 is 0. The van der Waals surface area contributed by atoms with Gasteiger partial charge >= 0.3 is 5.97 Å². The minimum Gasteiger partial charge on any atom is -0.508 e. The number of fused-ring (bicyclic) bond motifs is 1. The van der Waals surface area contributed by atoms with E-state index in [4.69, 9.17) is 32.8 Å². The zero-order valence-electron chi connectivity index (χ0n) is 28.9. The predicted octanol–water partition coefficient (Wildman–Crippen LogP) is 0.960. The maximum Gasteiger partial charge on any atom is 0.302 e. The van der Waals surface area contributed by atoms with E-state index in [9.17, 15) is 50.1 Å². The van der Waals surface area contributed by atoms with E-state index in [1.54, 1.807) is 13.8 Å². The number of hydrogen-bond acceptors (Lipinski definition) is 17. The van der Waals surface area contributed by atoms with Gasteiger partial charge in [0.1, 0.15) is 83.3 Å². The third-order valence-electron chi connectivity index (χ3n) is 8.57. The highest BCUT2D eigenvalue weighted by molar-refractivity contribution is 5.88. The van der Waals surface area contributed by atoms with Crippen LogP contribution in [0.4, 0.5) is 0 Å². The smallest absolute Gasteiger partial charge is 0.302 e. The van der Waals surface area contributed by atoms with Gasteiger partial charge in [0.15, 0.2) is 12.1 Å². The molecule has 2 aliphatic heterocycles. The molecule has 7 N–H and O–H groups in total. The fourth-order valence-corrected chi connectivity index (χ4v) is 6.23. The van der Waals surface area contributed by atoms with Crippen molar-refractivity contribution in [3.8, 4) is 34.3 Å². The SMILES string of the molecule is CC(=O)CC(C)(C)O[C@@H]1[C@H](O)[C@H](Oc2c(-c3ccc(O)cc3)oc3cc(O)cc(O)c3c2=O)O[C@H](C)[C@H]1O[C@H]1O[C@@H](COC(C)=O)[C@H](O)[C@@H](O)[C@@H]1O.